The summed E-state index contributed by atoms with van der Waals surface area (Å²) in [4.78, 5) is 13.9. The van der Waals surface area contributed by atoms with Crippen LogP contribution in [-0.4, -0.2) is 29.6 Å². The fraction of sp³-hybridized carbons (Fsp3) is 0.500. The number of likely N-dealkylation sites (tertiary alicyclic amines) is 1. The van der Waals surface area contributed by atoms with Crippen molar-refractivity contribution in [2.24, 2.45) is 5.73 Å². The van der Waals surface area contributed by atoms with Gasteiger partial charge in [-0.3, -0.25) is 0 Å². The van der Waals surface area contributed by atoms with E-state index in [2.05, 4.69) is 12.2 Å². The van der Waals surface area contributed by atoms with Crippen molar-refractivity contribution in [2.45, 2.75) is 38.4 Å². The quantitative estimate of drug-likeness (QED) is 0.836. The highest BCUT2D eigenvalue weighted by Crippen LogP contribution is 2.15. The summed E-state index contributed by atoms with van der Waals surface area (Å²) in [5.74, 6) is 0. The maximum atomic E-state index is 12.1. The second kappa shape index (κ2) is 5.87. The zero-order chi connectivity index (χ0) is 13.0. The molecule has 1 heterocycles. The Balaban J connectivity index is 1.85. The number of nitrogens with one attached hydrogen (secondary N) is 1. The van der Waals surface area contributed by atoms with Crippen LogP contribution < -0.4 is 11.1 Å². The Morgan fingerprint density at radius 3 is 2.83 bits per heavy atom. The van der Waals surface area contributed by atoms with Gasteiger partial charge in [-0.25, -0.2) is 4.79 Å². The van der Waals surface area contributed by atoms with Crippen LogP contribution in [0.25, 0.3) is 0 Å². The third-order valence-corrected chi connectivity index (χ3v) is 3.46. The first-order valence-corrected chi connectivity index (χ1v) is 6.51. The predicted molar refractivity (Wildman–Crippen MR) is 72.1 cm³/mol. The van der Waals surface area contributed by atoms with Gasteiger partial charge in [0.1, 0.15) is 0 Å². The first-order chi connectivity index (χ1) is 8.66. The van der Waals surface area contributed by atoms with Crippen LogP contribution in [0.3, 0.4) is 0 Å². The third-order valence-electron chi connectivity index (χ3n) is 3.46. The van der Waals surface area contributed by atoms with E-state index < -0.39 is 0 Å². The predicted octanol–water partition coefficient (Wildman–Crippen LogP) is 1.71. The number of carbonyl (C=O) groups is 1. The van der Waals surface area contributed by atoms with Crippen molar-refractivity contribution in [1.29, 1.82) is 0 Å². The average molecular weight is 247 g/mol. The van der Waals surface area contributed by atoms with Crippen molar-refractivity contribution in [2.75, 3.05) is 6.54 Å². The third kappa shape index (κ3) is 3.23. The summed E-state index contributed by atoms with van der Waals surface area (Å²) >= 11 is 0. The lowest BCUT2D eigenvalue weighted by atomic mass is 10.00. The molecule has 1 aromatic rings. The van der Waals surface area contributed by atoms with E-state index in [1.807, 2.05) is 35.2 Å². The van der Waals surface area contributed by atoms with Crippen LogP contribution in [0.15, 0.2) is 30.3 Å². The van der Waals surface area contributed by atoms with E-state index in [1.165, 1.54) is 0 Å². The van der Waals surface area contributed by atoms with E-state index in [0.29, 0.717) is 6.54 Å². The Labute approximate surface area is 108 Å². The molecule has 0 aliphatic carbocycles. The first kappa shape index (κ1) is 12.9. The molecular weight excluding hydrogens is 226 g/mol. The SMILES string of the molecule is CC1CC(N)CCN1C(=O)NCc1ccccc1. The molecule has 2 rings (SSSR count). The number of nitrogens with zero attached hydrogens (tertiary/aromatic N) is 1. The van der Waals surface area contributed by atoms with E-state index in [4.69, 9.17) is 5.73 Å². The van der Waals surface area contributed by atoms with Gasteiger partial charge in [-0.2, -0.15) is 0 Å². The molecule has 1 fully saturated rings. The normalized spacial score (nSPS) is 23.8. The highest BCUT2D eigenvalue weighted by atomic mass is 16.2. The molecule has 2 unspecified atom stereocenters. The zero-order valence-corrected chi connectivity index (χ0v) is 10.8. The standard InChI is InChI=1S/C14H21N3O/c1-11-9-13(15)7-8-17(11)14(18)16-10-12-5-3-2-4-6-12/h2-6,11,13H,7-10,15H2,1H3,(H,16,18). The van der Waals surface area contributed by atoms with Crippen LogP contribution in [-0.2, 0) is 6.54 Å². The van der Waals surface area contributed by atoms with Crippen LogP contribution >= 0.6 is 0 Å². The molecular formula is C14H21N3O. The summed E-state index contributed by atoms with van der Waals surface area (Å²) in [5.41, 5.74) is 7.01. The van der Waals surface area contributed by atoms with Gasteiger partial charge in [0.2, 0.25) is 0 Å². The first-order valence-electron chi connectivity index (χ1n) is 6.51. The molecule has 1 aliphatic rings. The van der Waals surface area contributed by atoms with Crippen LogP contribution in [0.4, 0.5) is 4.79 Å². The molecule has 2 amide bonds. The van der Waals surface area contributed by atoms with Crippen LogP contribution in [0.2, 0.25) is 0 Å². The second-order valence-electron chi connectivity index (χ2n) is 4.97. The number of hydrogen-bond acceptors (Lipinski definition) is 2. The lowest BCUT2D eigenvalue weighted by molar-refractivity contribution is 0.151. The molecule has 1 saturated heterocycles. The van der Waals surface area contributed by atoms with Crippen molar-refractivity contribution in [3.05, 3.63) is 35.9 Å². The van der Waals surface area contributed by atoms with Gasteiger partial charge in [-0.1, -0.05) is 30.3 Å². The number of piperidine rings is 1. The molecule has 18 heavy (non-hydrogen) atoms. The largest absolute Gasteiger partial charge is 0.334 e. The number of rotatable bonds is 2. The van der Waals surface area contributed by atoms with Gasteiger partial charge in [-0.05, 0) is 25.3 Å². The summed E-state index contributed by atoms with van der Waals surface area (Å²) in [7, 11) is 0. The average Bonchev–Trinajstić information content (AvgIpc) is 2.37. The van der Waals surface area contributed by atoms with Crippen LogP contribution in [0, 0.1) is 0 Å². The Morgan fingerprint density at radius 1 is 1.44 bits per heavy atom. The fourth-order valence-corrected chi connectivity index (χ4v) is 2.39. The summed E-state index contributed by atoms with van der Waals surface area (Å²) in [5, 5.41) is 2.96. The molecule has 0 aromatic heterocycles. The summed E-state index contributed by atoms with van der Waals surface area (Å²) < 4.78 is 0. The number of amides is 2. The Morgan fingerprint density at radius 2 is 2.17 bits per heavy atom. The molecule has 4 heteroatoms. The van der Waals surface area contributed by atoms with Crippen molar-refractivity contribution >= 4 is 6.03 Å². The van der Waals surface area contributed by atoms with E-state index in [0.717, 1.165) is 24.9 Å². The molecule has 2 atom stereocenters. The number of urea groups is 1. The minimum absolute atomic E-state index is 0.0123. The minimum atomic E-state index is 0.0123. The summed E-state index contributed by atoms with van der Waals surface area (Å²) in [6.07, 6.45) is 1.78. The second-order valence-corrected chi connectivity index (χ2v) is 4.97. The van der Waals surface area contributed by atoms with Crippen molar-refractivity contribution in [3.8, 4) is 0 Å². The smallest absolute Gasteiger partial charge is 0.317 e. The van der Waals surface area contributed by atoms with E-state index >= 15 is 0 Å². The van der Waals surface area contributed by atoms with Crippen molar-refractivity contribution < 1.29 is 4.79 Å². The number of nitrogens with two attached hydrogens (primary N) is 1. The molecule has 4 nitrogen and oxygen atoms in total. The van der Waals surface area contributed by atoms with Crippen molar-refractivity contribution in [3.63, 3.8) is 0 Å². The van der Waals surface area contributed by atoms with E-state index in [1.54, 1.807) is 0 Å². The van der Waals surface area contributed by atoms with Gasteiger partial charge < -0.3 is 16.0 Å². The van der Waals surface area contributed by atoms with Gasteiger partial charge >= 0.3 is 6.03 Å². The molecule has 98 valence electrons. The summed E-state index contributed by atoms with van der Waals surface area (Å²) in [6, 6.07) is 10.4. The van der Waals surface area contributed by atoms with E-state index in [-0.39, 0.29) is 18.1 Å². The highest BCUT2D eigenvalue weighted by Gasteiger charge is 2.26. The van der Waals surface area contributed by atoms with Crippen molar-refractivity contribution in [1.82, 2.24) is 10.2 Å². The van der Waals surface area contributed by atoms with Gasteiger partial charge in [0.25, 0.3) is 0 Å². The Bertz CT molecular complexity index is 393. The number of carbonyl (C=O) groups excluding carboxylic acids is 1. The van der Waals surface area contributed by atoms with Gasteiger partial charge in [0.15, 0.2) is 0 Å². The maximum Gasteiger partial charge on any atom is 0.317 e. The Kier molecular flexibility index (Phi) is 4.20. The van der Waals surface area contributed by atoms with Crippen LogP contribution in [0.5, 0.6) is 0 Å². The van der Waals surface area contributed by atoms with Gasteiger partial charge in [0.05, 0.1) is 0 Å². The topological polar surface area (TPSA) is 58.4 Å². The number of hydrogen-bond donors (Lipinski definition) is 2. The lowest BCUT2D eigenvalue weighted by Crippen LogP contribution is -2.51. The van der Waals surface area contributed by atoms with E-state index in [9.17, 15) is 4.79 Å². The van der Waals surface area contributed by atoms with Gasteiger partial charge in [0, 0.05) is 25.2 Å². The highest BCUT2D eigenvalue weighted by molar-refractivity contribution is 5.74. The summed E-state index contributed by atoms with van der Waals surface area (Å²) in [6.45, 7) is 3.39. The fourth-order valence-electron chi connectivity index (χ4n) is 2.39. The molecule has 0 bridgehead atoms. The minimum Gasteiger partial charge on any atom is -0.334 e. The molecule has 0 saturated carbocycles. The maximum absolute atomic E-state index is 12.1. The monoisotopic (exact) mass is 247 g/mol. The number of benzene rings is 1. The van der Waals surface area contributed by atoms with Gasteiger partial charge in [-0.15, -0.1) is 0 Å². The van der Waals surface area contributed by atoms with Crippen LogP contribution in [0.1, 0.15) is 25.3 Å². The molecule has 0 spiro atoms. The lowest BCUT2D eigenvalue weighted by Gasteiger charge is -2.36. The zero-order valence-electron chi connectivity index (χ0n) is 10.8. The molecule has 3 N–H and O–H groups in total. The Hall–Kier alpha value is -1.55. The molecule has 1 aromatic carbocycles. The molecule has 1 aliphatic heterocycles. The molecule has 0 radical (unpaired) electrons.